The Bertz CT molecular complexity index is 1430. The van der Waals surface area contributed by atoms with E-state index in [1.54, 1.807) is 12.1 Å². The van der Waals surface area contributed by atoms with E-state index in [-0.39, 0.29) is 10.8 Å². The van der Waals surface area contributed by atoms with Gasteiger partial charge in [-0.1, -0.05) is 48.0 Å². The largest absolute Gasteiger partial charge is 0.321 e. The summed E-state index contributed by atoms with van der Waals surface area (Å²) in [4.78, 5) is 13.4. The highest BCUT2D eigenvalue weighted by Crippen LogP contribution is 2.36. The number of nitrogens with one attached hydrogen (secondary N) is 1. The van der Waals surface area contributed by atoms with Gasteiger partial charge in [-0.05, 0) is 54.8 Å². The Balaban J connectivity index is 1.38. The fourth-order valence-electron chi connectivity index (χ4n) is 3.93. The minimum atomic E-state index is -3.70. The number of benzene rings is 3. The summed E-state index contributed by atoms with van der Waals surface area (Å²) < 4.78 is 28.9. The molecule has 5 nitrogen and oxygen atoms in total. The molecule has 0 atom stereocenters. The number of hydrogen-bond acceptors (Lipinski definition) is 4. The molecule has 1 N–H and O–H groups in total. The SMILES string of the molecule is O=C(Nc1ccc(S(=O)(=O)N2CCCc3ccccc32)cc1)c1sc2ccccc2c1Cl. The van der Waals surface area contributed by atoms with Gasteiger partial charge in [-0.2, -0.15) is 0 Å². The van der Waals surface area contributed by atoms with Crippen LogP contribution in [0.2, 0.25) is 5.02 Å². The highest BCUT2D eigenvalue weighted by molar-refractivity contribution is 7.92. The molecule has 0 aliphatic carbocycles. The van der Waals surface area contributed by atoms with Crippen LogP contribution in [0.15, 0.2) is 77.7 Å². The minimum Gasteiger partial charge on any atom is -0.321 e. The molecule has 8 heteroatoms. The van der Waals surface area contributed by atoms with Gasteiger partial charge in [-0.15, -0.1) is 11.3 Å². The number of carbonyl (C=O) groups is 1. The Morgan fingerprint density at radius 3 is 2.47 bits per heavy atom. The van der Waals surface area contributed by atoms with Crippen LogP contribution < -0.4 is 9.62 Å². The predicted molar refractivity (Wildman–Crippen MR) is 131 cm³/mol. The lowest BCUT2D eigenvalue weighted by atomic mass is 10.0. The van der Waals surface area contributed by atoms with E-state index in [0.29, 0.717) is 22.1 Å². The number of anilines is 2. The van der Waals surface area contributed by atoms with Crippen molar-refractivity contribution in [2.75, 3.05) is 16.2 Å². The minimum absolute atomic E-state index is 0.187. The number of halogens is 1. The number of thiophene rings is 1. The molecule has 0 fully saturated rings. The Morgan fingerprint density at radius 1 is 0.969 bits per heavy atom. The average molecular weight is 483 g/mol. The number of carbonyl (C=O) groups excluding carboxylic acids is 1. The number of rotatable bonds is 4. The predicted octanol–water partition coefficient (Wildman–Crippen LogP) is 5.95. The third kappa shape index (κ3) is 3.66. The van der Waals surface area contributed by atoms with Crippen molar-refractivity contribution in [3.8, 4) is 0 Å². The first-order valence-corrected chi connectivity index (χ1v) is 12.8. The molecule has 0 unspecified atom stereocenters. The number of fused-ring (bicyclic) bond motifs is 2. The number of sulfonamides is 1. The number of aryl methyl sites for hydroxylation is 1. The first-order valence-electron chi connectivity index (χ1n) is 10.1. The molecule has 0 radical (unpaired) electrons. The topological polar surface area (TPSA) is 66.5 Å². The summed E-state index contributed by atoms with van der Waals surface area (Å²) in [5, 5.41) is 4.08. The molecule has 0 saturated heterocycles. The molecule has 0 bridgehead atoms. The summed E-state index contributed by atoms with van der Waals surface area (Å²) in [6.45, 7) is 0.447. The quantitative estimate of drug-likeness (QED) is 0.391. The van der Waals surface area contributed by atoms with Crippen molar-refractivity contribution in [1.29, 1.82) is 0 Å². The van der Waals surface area contributed by atoms with E-state index in [9.17, 15) is 13.2 Å². The number of amides is 1. The molecule has 4 aromatic rings. The van der Waals surface area contributed by atoms with Crippen LogP contribution in [0.4, 0.5) is 11.4 Å². The third-order valence-electron chi connectivity index (χ3n) is 5.51. The molecule has 0 spiro atoms. The molecule has 1 aliphatic heterocycles. The molecule has 1 aromatic heterocycles. The fourth-order valence-corrected chi connectivity index (χ4v) is 6.89. The van der Waals surface area contributed by atoms with Crippen molar-refractivity contribution in [2.45, 2.75) is 17.7 Å². The van der Waals surface area contributed by atoms with Crippen LogP contribution in [0.25, 0.3) is 10.1 Å². The molecule has 3 aromatic carbocycles. The van der Waals surface area contributed by atoms with Gasteiger partial charge in [0, 0.05) is 22.3 Å². The Labute approximate surface area is 195 Å². The van der Waals surface area contributed by atoms with E-state index in [4.69, 9.17) is 11.6 Å². The average Bonchev–Trinajstić information content (AvgIpc) is 3.16. The van der Waals surface area contributed by atoms with E-state index in [2.05, 4.69) is 5.32 Å². The zero-order chi connectivity index (χ0) is 22.3. The number of hydrogen-bond donors (Lipinski definition) is 1. The summed E-state index contributed by atoms with van der Waals surface area (Å²) in [6.07, 6.45) is 1.65. The van der Waals surface area contributed by atoms with Crippen LogP contribution in [-0.2, 0) is 16.4 Å². The number of para-hydroxylation sites is 1. The van der Waals surface area contributed by atoms with E-state index in [0.717, 1.165) is 34.2 Å². The van der Waals surface area contributed by atoms with Crippen LogP contribution in [0.1, 0.15) is 21.7 Å². The lowest BCUT2D eigenvalue weighted by Gasteiger charge is -2.30. The van der Waals surface area contributed by atoms with Gasteiger partial charge in [0.25, 0.3) is 15.9 Å². The maximum Gasteiger partial charge on any atom is 0.267 e. The summed E-state index contributed by atoms with van der Waals surface area (Å²) >= 11 is 7.72. The summed E-state index contributed by atoms with van der Waals surface area (Å²) in [5.41, 5.74) is 2.27. The second-order valence-electron chi connectivity index (χ2n) is 7.53. The maximum atomic E-state index is 13.3. The molecular weight excluding hydrogens is 464 g/mol. The van der Waals surface area contributed by atoms with Gasteiger partial charge in [-0.25, -0.2) is 8.42 Å². The van der Waals surface area contributed by atoms with Crippen LogP contribution in [0.5, 0.6) is 0 Å². The Morgan fingerprint density at radius 2 is 1.69 bits per heavy atom. The van der Waals surface area contributed by atoms with Crippen molar-refractivity contribution >= 4 is 60.3 Å². The molecule has 0 saturated carbocycles. The van der Waals surface area contributed by atoms with Gasteiger partial charge >= 0.3 is 0 Å². The third-order valence-corrected chi connectivity index (χ3v) is 9.01. The van der Waals surface area contributed by atoms with Crippen LogP contribution in [0.3, 0.4) is 0 Å². The molecule has 5 rings (SSSR count). The van der Waals surface area contributed by atoms with Crippen molar-refractivity contribution in [1.82, 2.24) is 0 Å². The van der Waals surface area contributed by atoms with Crippen molar-refractivity contribution in [2.24, 2.45) is 0 Å². The highest BCUT2D eigenvalue weighted by Gasteiger charge is 2.28. The smallest absolute Gasteiger partial charge is 0.267 e. The zero-order valence-electron chi connectivity index (χ0n) is 16.9. The zero-order valence-corrected chi connectivity index (χ0v) is 19.3. The monoisotopic (exact) mass is 482 g/mol. The molecule has 32 heavy (non-hydrogen) atoms. The van der Waals surface area contributed by atoms with E-state index in [1.165, 1.54) is 27.8 Å². The van der Waals surface area contributed by atoms with E-state index in [1.807, 2.05) is 48.5 Å². The maximum absolute atomic E-state index is 13.3. The first-order chi connectivity index (χ1) is 15.4. The van der Waals surface area contributed by atoms with E-state index >= 15 is 0 Å². The van der Waals surface area contributed by atoms with Crippen molar-refractivity contribution < 1.29 is 13.2 Å². The Hall–Kier alpha value is -2.87. The molecule has 2 heterocycles. The first kappa shape index (κ1) is 21.0. The van der Waals surface area contributed by atoms with Gasteiger partial charge < -0.3 is 5.32 Å². The van der Waals surface area contributed by atoms with Crippen molar-refractivity contribution in [3.05, 3.63) is 88.3 Å². The molecule has 1 amide bonds. The van der Waals surface area contributed by atoms with E-state index < -0.39 is 10.0 Å². The van der Waals surface area contributed by atoms with Gasteiger partial charge in [0.05, 0.1) is 15.6 Å². The number of nitrogens with zero attached hydrogens (tertiary/aromatic N) is 1. The van der Waals surface area contributed by atoms with Gasteiger partial charge in [0.1, 0.15) is 4.88 Å². The lowest BCUT2D eigenvalue weighted by Crippen LogP contribution is -2.35. The summed E-state index contributed by atoms with van der Waals surface area (Å²) in [6, 6.07) is 21.4. The molecular formula is C24H19ClN2O3S2. The van der Waals surface area contributed by atoms with Gasteiger partial charge in [-0.3, -0.25) is 9.10 Å². The second kappa shape index (κ2) is 8.24. The Kier molecular flexibility index (Phi) is 5.41. The normalized spacial score (nSPS) is 13.7. The standard InChI is InChI=1S/C24H19ClN2O3S2/c25-22-19-8-2-4-10-21(19)31-23(22)24(28)26-17-11-13-18(14-12-17)32(29,30)27-15-5-7-16-6-1-3-9-20(16)27/h1-4,6,8-14H,5,7,15H2,(H,26,28). The summed E-state index contributed by atoms with van der Waals surface area (Å²) in [5.74, 6) is -0.322. The summed E-state index contributed by atoms with van der Waals surface area (Å²) in [7, 11) is -3.70. The van der Waals surface area contributed by atoms with Gasteiger partial charge in [0.15, 0.2) is 0 Å². The molecule has 162 valence electrons. The molecule has 1 aliphatic rings. The second-order valence-corrected chi connectivity index (χ2v) is 10.8. The van der Waals surface area contributed by atoms with Crippen LogP contribution >= 0.6 is 22.9 Å². The fraction of sp³-hybridized carbons (Fsp3) is 0.125. The van der Waals surface area contributed by atoms with Gasteiger partial charge in [0.2, 0.25) is 0 Å². The van der Waals surface area contributed by atoms with Crippen LogP contribution in [0, 0.1) is 0 Å². The van der Waals surface area contributed by atoms with Crippen LogP contribution in [-0.4, -0.2) is 20.9 Å². The van der Waals surface area contributed by atoms with Crippen molar-refractivity contribution in [3.63, 3.8) is 0 Å². The lowest BCUT2D eigenvalue weighted by molar-refractivity contribution is 0.103. The highest BCUT2D eigenvalue weighted by atomic mass is 35.5.